The van der Waals surface area contributed by atoms with Gasteiger partial charge in [-0.05, 0) is 31.2 Å². The molecule has 0 radical (unpaired) electrons. The first-order valence-corrected chi connectivity index (χ1v) is 4.93. The summed E-state index contributed by atoms with van der Waals surface area (Å²) >= 11 is 0. The number of rotatable bonds is 5. The SMILES string of the molecule is COc1ccc(CN(C)CC=O)cc1C. The minimum absolute atomic E-state index is 0.463. The molecular formula is C12H17NO2. The van der Waals surface area contributed by atoms with E-state index in [4.69, 9.17) is 4.74 Å². The van der Waals surface area contributed by atoms with Crippen LogP contribution in [0.4, 0.5) is 0 Å². The summed E-state index contributed by atoms with van der Waals surface area (Å²) in [4.78, 5) is 12.3. The molecule has 1 rings (SSSR count). The number of ether oxygens (including phenoxy) is 1. The molecule has 0 fully saturated rings. The average Bonchev–Trinajstić information content (AvgIpc) is 2.18. The second-order valence-corrected chi connectivity index (χ2v) is 3.67. The summed E-state index contributed by atoms with van der Waals surface area (Å²) in [7, 11) is 3.59. The fourth-order valence-electron chi connectivity index (χ4n) is 1.54. The van der Waals surface area contributed by atoms with Crippen LogP contribution in [0.3, 0.4) is 0 Å². The van der Waals surface area contributed by atoms with Crippen molar-refractivity contribution >= 4 is 6.29 Å². The lowest BCUT2D eigenvalue weighted by Gasteiger charge is -2.14. The largest absolute Gasteiger partial charge is 0.496 e. The zero-order valence-electron chi connectivity index (χ0n) is 9.49. The molecule has 0 atom stereocenters. The summed E-state index contributed by atoms with van der Waals surface area (Å²) in [5.41, 5.74) is 2.31. The zero-order valence-corrected chi connectivity index (χ0v) is 9.49. The van der Waals surface area contributed by atoms with Gasteiger partial charge >= 0.3 is 0 Å². The molecule has 0 unspecified atom stereocenters. The lowest BCUT2D eigenvalue weighted by molar-refractivity contribution is -0.108. The number of likely N-dealkylation sites (N-methyl/N-ethyl adjacent to an activating group) is 1. The highest BCUT2D eigenvalue weighted by molar-refractivity contribution is 5.51. The van der Waals surface area contributed by atoms with Crippen LogP contribution in [-0.4, -0.2) is 31.9 Å². The van der Waals surface area contributed by atoms with Crippen LogP contribution in [0.5, 0.6) is 5.75 Å². The lowest BCUT2D eigenvalue weighted by atomic mass is 10.1. The van der Waals surface area contributed by atoms with Gasteiger partial charge in [-0.25, -0.2) is 0 Å². The second-order valence-electron chi connectivity index (χ2n) is 3.67. The van der Waals surface area contributed by atoms with Crippen molar-refractivity contribution in [1.29, 1.82) is 0 Å². The Morgan fingerprint density at radius 1 is 1.47 bits per heavy atom. The Bertz CT molecular complexity index is 336. The number of carbonyl (C=O) groups excluding carboxylic acids is 1. The molecule has 0 aliphatic heterocycles. The number of nitrogens with zero attached hydrogens (tertiary/aromatic N) is 1. The zero-order chi connectivity index (χ0) is 11.3. The van der Waals surface area contributed by atoms with Gasteiger partial charge in [-0.1, -0.05) is 12.1 Å². The smallest absolute Gasteiger partial charge is 0.133 e. The van der Waals surface area contributed by atoms with Crippen molar-refractivity contribution in [3.05, 3.63) is 29.3 Å². The standard InChI is InChI=1S/C12H17NO2/c1-10-8-11(4-5-12(10)15-3)9-13(2)6-7-14/h4-5,7-8H,6,9H2,1-3H3. The van der Waals surface area contributed by atoms with Gasteiger partial charge in [0.05, 0.1) is 13.7 Å². The number of carbonyl (C=O) groups is 1. The van der Waals surface area contributed by atoms with Crippen LogP contribution < -0.4 is 4.74 Å². The fraction of sp³-hybridized carbons (Fsp3) is 0.417. The maximum Gasteiger partial charge on any atom is 0.133 e. The van der Waals surface area contributed by atoms with E-state index in [9.17, 15) is 4.79 Å². The van der Waals surface area contributed by atoms with Gasteiger partial charge in [0.2, 0.25) is 0 Å². The van der Waals surface area contributed by atoms with Gasteiger partial charge in [0, 0.05) is 6.54 Å². The summed E-state index contributed by atoms with van der Waals surface area (Å²) in [5, 5.41) is 0. The molecule has 3 heteroatoms. The first kappa shape index (κ1) is 11.7. The van der Waals surface area contributed by atoms with Crippen LogP contribution in [-0.2, 0) is 11.3 Å². The average molecular weight is 207 g/mol. The molecule has 0 aromatic heterocycles. The highest BCUT2D eigenvalue weighted by Crippen LogP contribution is 2.18. The van der Waals surface area contributed by atoms with Crippen molar-refractivity contribution in [2.75, 3.05) is 20.7 Å². The summed E-state index contributed by atoms with van der Waals surface area (Å²) in [5.74, 6) is 0.900. The molecule has 0 aliphatic carbocycles. The molecule has 1 aromatic rings. The minimum Gasteiger partial charge on any atom is -0.496 e. The maximum absolute atomic E-state index is 10.3. The van der Waals surface area contributed by atoms with E-state index in [1.54, 1.807) is 7.11 Å². The van der Waals surface area contributed by atoms with Gasteiger partial charge in [0.25, 0.3) is 0 Å². The maximum atomic E-state index is 10.3. The summed E-state index contributed by atoms with van der Waals surface area (Å²) in [6.45, 7) is 3.26. The summed E-state index contributed by atoms with van der Waals surface area (Å²) in [6.07, 6.45) is 0.913. The van der Waals surface area contributed by atoms with Crippen LogP contribution in [0.1, 0.15) is 11.1 Å². The van der Waals surface area contributed by atoms with E-state index in [0.717, 1.165) is 24.1 Å². The Morgan fingerprint density at radius 2 is 2.20 bits per heavy atom. The van der Waals surface area contributed by atoms with E-state index in [1.165, 1.54) is 5.56 Å². The van der Waals surface area contributed by atoms with E-state index in [2.05, 4.69) is 6.07 Å². The van der Waals surface area contributed by atoms with Crippen molar-refractivity contribution in [3.63, 3.8) is 0 Å². The quantitative estimate of drug-likeness (QED) is 0.687. The fourth-order valence-corrected chi connectivity index (χ4v) is 1.54. The molecule has 0 N–H and O–H groups in total. The molecule has 3 nitrogen and oxygen atoms in total. The Hall–Kier alpha value is -1.35. The van der Waals surface area contributed by atoms with Gasteiger partial charge in [-0.2, -0.15) is 0 Å². The van der Waals surface area contributed by atoms with Gasteiger partial charge in [-0.15, -0.1) is 0 Å². The van der Waals surface area contributed by atoms with Gasteiger partial charge in [0.1, 0.15) is 12.0 Å². The predicted molar refractivity (Wildman–Crippen MR) is 60.1 cm³/mol. The van der Waals surface area contributed by atoms with E-state index >= 15 is 0 Å². The van der Waals surface area contributed by atoms with E-state index in [1.807, 2.05) is 31.0 Å². The van der Waals surface area contributed by atoms with Crippen molar-refractivity contribution in [3.8, 4) is 5.75 Å². The number of aryl methyl sites for hydroxylation is 1. The van der Waals surface area contributed by atoms with Crippen molar-refractivity contribution in [1.82, 2.24) is 4.90 Å². The van der Waals surface area contributed by atoms with Gasteiger partial charge in [0.15, 0.2) is 0 Å². The minimum atomic E-state index is 0.463. The topological polar surface area (TPSA) is 29.5 Å². The third kappa shape index (κ3) is 3.36. The molecule has 0 bridgehead atoms. The molecule has 0 heterocycles. The van der Waals surface area contributed by atoms with Gasteiger partial charge < -0.3 is 9.53 Å². The van der Waals surface area contributed by atoms with E-state index < -0.39 is 0 Å². The number of aldehydes is 1. The van der Waals surface area contributed by atoms with Crippen molar-refractivity contribution in [2.24, 2.45) is 0 Å². The Labute approximate surface area is 90.7 Å². The molecule has 0 spiro atoms. The van der Waals surface area contributed by atoms with Crippen LogP contribution in [0.25, 0.3) is 0 Å². The Morgan fingerprint density at radius 3 is 2.73 bits per heavy atom. The predicted octanol–water partition coefficient (Wildman–Crippen LogP) is 1.63. The third-order valence-corrected chi connectivity index (χ3v) is 2.30. The van der Waals surface area contributed by atoms with Crippen LogP contribution >= 0.6 is 0 Å². The van der Waals surface area contributed by atoms with Crippen molar-refractivity contribution < 1.29 is 9.53 Å². The summed E-state index contributed by atoms with van der Waals surface area (Å²) in [6, 6.07) is 6.06. The van der Waals surface area contributed by atoms with E-state index in [0.29, 0.717) is 6.54 Å². The molecule has 0 amide bonds. The normalized spacial score (nSPS) is 10.4. The second kappa shape index (κ2) is 5.51. The first-order chi connectivity index (χ1) is 7.17. The van der Waals surface area contributed by atoms with Crippen LogP contribution in [0, 0.1) is 6.92 Å². The molecular weight excluding hydrogens is 190 g/mol. The summed E-state index contributed by atoms with van der Waals surface area (Å²) < 4.78 is 5.18. The molecule has 1 aromatic carbocycles. The molecule has 82 valence electrons. The number of methoxy groups -OCH3 is 1. The molecule has 15 heavy (non-hydrogen) atoms. The lowest BCUT2D eigenvalue weighted by Crippen LogP contribution is -2.19. The van der Waals surface area contributed by atoms with Gasteiger partial charge in [-0.3, -0.25) is 4.90 Å². The highest BCUT2D eigenvalue weighted by atomic mass is 16.5. The number of benzene rings is 1. The Kier molecular flexibility index (Phi) is 4.31. The Balaban J connectivity index is 2.70. The third-order valence-electron chi connectivity index (χ3n) is 2.30. The molecule has 0 saturated heterocycles. The molecule has 0 aliphatic rings. The van der Waals surface area contributed by atoms with Crippen LogP contribution in [0.15, 0.2) is 18.2 Å². The number of hydrogen-bond acceptors (Lipinski definition) is 3. The molecule has 0 saturated carbocycles. The monoisotopic (exact) mass is 207 g/mol. The highest BCUT2D eigenvalue weighted by Gasteiger charge is 2.02. The van der Waals surface area contributed by atoms with Crippen molar-refractivity contribution in [2.45, 2.75) is 13.5 Å². The number of hydrogen-bond donors (Lipinski definition) is 0. The van der Waals surface area contributed by atoms with Crippen LogP contribution in [0.2, 0.25) is 0 Å². The van der Waals surface area contributed by atoms with E-state index in [-0.39, 0.29) is 0 Å². The first-order valence-electron chi connectivity index (χ1n) is 4.93.